The molecule has 0 aromatic heterocycles. The molecule has 1 aliphatic carbocycles. The van der Waals surface area contributed by atoms with E-state index in [-0.39, 0.29) is 24.8 Å². The second-order valence-corrected chi connectivity index (χ2v) is 11.4. The maximum absolute atomic E-state index is 13.7. The molecule has 44 heavy (non-hydrogen) atoms. The number of aliphatic hydroxyl groups is 1. The summed E-state index contributed by atoms with van der Waals surface area (Å²) in [5, 5.41) is 20.4. The summed E-state index contributed by atoms with van der Waals surface area (Å²) in [4.78, 5) is 27.6. The van der Waals surface area contributed by atoms with Crippen molar-refractivity contribution in [3.63, 3.8) is 0 Å². The third-order valence-electron chi connectivity index (χ3n) is 8.62. The van der Waals surface area contributed by atoms with Gasteiger partial charge in [-0.2, -0.15) is 26.3 Å². The first-order chi connectivity index (χ1) is 20.7. The number of alkyl halides is 6. The first kappa shape index (κ1) is 31.8. The molecule has 2 N–H and O–H groups in total. The fraction of sp³-hybridized carbons (Fsp3) is 0.438. The third kappa shape index (κ3) is 6.01. The average molecular weight is 624 g/mol. The predicted octanol–water partition coefficient (Wildman–Crippen LogP) is 6.91. The molecule has 0 radical (unpaired) electrons. The van der Waals surface area contributed by atoms with Crippen LogP contribution in [0.3, 0.4) is 0 Å². The van der Waals surface area contributed by atoms with Gasteiger partial charge in [-0.3, -0.25) is 9.59 Å². The van der Waals surface area contributed by atoms with Gasteiger partial charge in [0.2, 0.25) is 11.8 Å². The van der Waals surface area contributed by atoms with E-state index >= 15 is 0 Å². The zero-order chi connectivity index (χ0) is 32.0. The van der Waals surface area contributed by atoms with Gasteiger partial charge < -0.3 is 14.9 Å². The van der Waals surface area contributed by atoms with Gasteiger partial charge in [-0.25, -0.2) is 4.90 Å². The maximum Gasteiger partial charge on any atom is 0.416 e. The van der Waals surface area contributed by atoms with Gasteiger partial charge in [-0.1, -0.05) is 43.2 Å². The van der Waals surface area contributed by atoms with Gasteiger partial charge in [-0.05, 0) is 61.1 Å². The fourth-order valence-corrected chi connectivity index (χ4v) is 6.68. The van der Waals surface area contributed by atoms with Crippen molar-refractivity contribution in [3.05, 3.63) is 75.9 Å². The lowest BCUT2D eigenvalue weighted by Crippen LogP contribution is -2.35. The van der Waals surface area contributed by atoms with Gasteiger partial charge in [0.25, 0.3) is 0 Å². The van der Waals surface area contributed by atoms with Crippen molar-refractivity contribution in [3.8, 4) is 5.75 Å². The zero-order valence-corrected chi connectivity index (χ0v) is 23.7. The molecule has 3 aliphatic rings. The Morgan fingerprint density at radius 2 is 1.64 bits per heavy atom. The number of carbonyl (C=O) groups excluding carboxylic acids is 2. The van der Waals surface area contributed by atoms with Crippen LogP contribution in [0.4, 0.5) is 32.0 Å². The highest BCUT2D eigenvalue weighted by Gasteiger charge is 2.57. The summed E-state index contributed by atoms with van der Waals surface area (Å²) in [5.74, 6) is -4.42. The monoisotopic (exact) mass is 623 g/mol. The number of hydrogen-bond acceptors (Lipinski definition) is 5. The molecule has 236 valence electrons. The molecule has 0 spiro atoms. The Morgan fingerprint density at radius 3 is 2.23 bits per heavy atom. The van der Waals surface area contributed by atoms with Crippen molar-refractivity contribution in [1.82, 2.24) is 0 Å². The van der Waals surface area contributed by atoms with Gasteiger partial charge in [0.05, 0.1) is 48.0 Å². The van der Waals surface area contributed by atoms with Crippen molar-refractivity contribution in [2.75, 3.05) is 18.1 Å². The van der Waals surface area contributed by atoms with Crippen LogP contribution in [0.2, 0.25) is 0 Å². The summed E-state index contributed by atoms with van der Waals surface area (Å²) in [6, 6.07) is 7.61. The highest BCUT2D eigenvalue weighted by atomic mass is 19.4. The summed E-state index contributed by atoms with van der Waals surface area (Å²) in [6.45, 7) is 1.60. The summed E-state index contributed by atoms with van der Waals surface area (Å²) in [5.41, 5.74) is -1.19. The number of phenolic OH excluding ortho intramolecular Hbond substituents is 1. The number of amides is 2. The topological polar surface area (TPSA) is 87.1 Å². The first-order valence-corrected chi connectivity index (χ1v) is 14.3. The molecule has 4 atom stereocenters. The average Bonchev–Trinajstić information content (AvgIpc) is 3.49. The van der Waals surface area contributed by atoms with Gasteiger partial charge in [0, 0.05) is 11.5 Å². The van der Waals surface area contributed by atoms with Crippen molar-refractivity contribution >= 4 is 23.6 Å². The van der Waals surface area contributed by atoms with Gasteiger partial charge in [-0.15, -0.1) is 0 Å². The number of aromatic hydroxyl groups is 1. The minimum Gasteiger partial charge on any atom is -0.507 e. The Labute approximate surface area is 249 Å². The summed E-state index contributed by atoms with van der Waals surface area (Å²) >= 11 is 0. The SMILES string of the molecule is CCC/C(=C\c1ccccc1O)CC[C@H]1OC[C@H]2C1=C(CO)C[C@H]1C(=O)N(c3cc(C(F)(F)F)cc(C(F)(F)F)c3)C(=O)[C@H]12. The molecule has 2 heterocycles. The van der Waals surface area contributed by atoms with Crippen LogP contribution in [0, 0.1) is 17.8 Å². The Bertz CT molecular complexity index is 1480. The molecule has 2 aliphatic heterocycles. The molecule has 0 unspecified atom stereocenters. The molecular formula is C32H31F6NO5. The van der Waals surface area contributed by atoms with Crippen molar-refractivity contribution in [2.45, 2.75) is 57.5 Å². The van der Waals surface area contributed by atoms with Crippen molar-refractivity contribution in [2.24, 2.45) is 17.8 Å². The standard InChI is InChI=1S/C32H31F6NO5/c1-2-5-17(10-18-6-3-4-7-25(18)41)8-9-26-27-19(15-40)11-23-28(24(27)16-44-26)30(43)39(29(23)42)22-13-20(31(33,34)35)12-21(14-22)32(36,37)38/h3-4,6-7,10,12-14,23-24,26,28,40-41H,2,5,8-9,11,15-16H2,1H3/b17-10+/t23-,24+,26-,28-/m1/s1. The van der Waals surface area contributed by atoms with Crippen LogP contribution in [-0.2, 0) is 26.7 Å². The number of ether oxygens (including phenoxy) is 1. The molecule has 0 bridgehead atoms. The quantitative estimate of drug-likeness (QED) is 0.190. The normalized spacial score (nSPS) is 24.3. The third-order valence-corrected chi connectivity index (χ3v) is 8.62. The Hall–Kier alpha value is -3.64. The molecule has 5 rings (SSSR count). The number of benzene rings is 2. The zero-order valence-electron chi connectivity index (χ0n) is 23.7. The molecule has 6 nitrogen and oxygen atoms in total. The Kier molecular flexibility index (Phi) is 8.69. The van der Waals surface area contributed by atoms with Crippen LogP contribution in [-0.4, -0.2) is 41.3 Å². The largest absolute Gasteiger partial charge is 0.507 e. The number of fused-ring (bicyclic) bond motifs is 3. The summed E-state index contributed by atoms with van der Waals surface area (Å²) < 4.78 is 87.2. The van der Waals surface area contributed by atoms with E-state index in [0.29, 0.717) is 46.6 Å². The Morgan fingerprint density at radius 1 is 0.977 bits per heavy atom. The lowest BCUT2D eigenvalue weighted by atomic mass is 9.69. The molecule has 2 aromatic carbocycles. The second-order valence-electron chi connectivity index (χ2n) is 11.4. The molecular weight excluding hydrogens is 592 g/mol. The molecule has 0 saturated carbocycles. The summed E-state index contributed by atoms with van der Waals surface area (Å²) in [7, 11) is 0. The number of allylic oxidation sites excluding steroid dienone is 1. The summed E-state index contributed by atoms with van der Waals surface area (Å²) in [6.07, 6.45) is -6.32. The number of phenols is 1. The number of nitrogens with zero attached hydrogens (tertiary/aromatic N) is 1. The maximum atomic E-state index is 13.7. The molecule has 2 saturated heterocycles. The number of carbonyl (C=O) groups is 2. The van der Waals surface area contributed by atoms with Crippen molar-refractivity contribution < 1.29 is 50.9 Å². The van der Waals surface area contributed by atoms with Crippen LogP contribution in [0.25, 0.3) is 6.08 Å². The minimum atomic E-state index is -5.15. The molecule has 2 amide bonds. The minimum absolute atomic E-state index is 0.0141. The number of rotatable bonds is 8. The van der Waals surface area contributed by atoms with E-state index < -0.39 is 71.4 Å². The number of hydrogen-bond donors (Lipinski definition) is 2. The van der Waals surface area contributed by atoms with E-state index in [1.807, 2.05) is 19.1 Å². The molecule has 2 aromatic rings. The van der Waals surface area contributed by atoms with Crippen molar-refractivity contribution in [1.29, 1.82) is 0 Å². The number of aliphatic hydroxyl groups excluding tert-OH is 1. The van der Waals surface area contributed by atoms with Gasteiger partial charge in [0.1, 0.15) is 5.75 Å². The Balaban J connectivity index is 1.43. The van der Waals surface area contributed by atoms with Crippen LogP contribution >= 0.6 is 0 Å². The van der Waals surface area contributed by atoms with E-state index in [1.54, 1.807) is 18.2 Å². The fourth-order valence-electron chi connectivity index (χ4n) is 6.68. The van der Waals surface area contributed by atoms with E-state index in [1.165, 1.54) is 0 Å². The first-order valence-electron chi connectivity index (χ1n) is 14.3. The number of imide groups is 1. The van der Waals surface area contributed by atoms with Gasteiger partial charge in [0.15, 0.2) is 0 Å². The van der Waals surface area contributed by atoms with Crippen LogP contribution in [0.5, 0.6) is 5.75 Å². The number of halogens is 6. The van der Waals surface area contributed by atoms with E-state index in [9.17, 15) is 46.1 Å². The lowest BCUT2D eigenvalue weighted by Gasteiger charge is -2.31. The smallest absolute Gasteiger partial charge is 0.416 e. The molecule has 12 heteroatoms. The predicted molar refractivity (Wildman–Crippen MR) is 148 cm³/mol. The van der Waals surface area contributed by atoms with Crippen LogP contribution in [0.15, 0.2) is 59.2 Å². The number of para-hydroxylation sites is 1. The van der Waals surface area contributed by atoms with Gasteiger partial charge >= 0.3 is 12.4 Å². The lowest BCUT2D eigenvalue weighted by molar-refractivity contribution is -0.143. The number of anilines is 1. The van der Waals surface area contributed by atoms with E-state index in [2.05, 4.69) is 0 Å². The van der Waals surface area contributed by atoms with E-state index in [0.717, 1.165) is 18.4 Å². The van der Waals surface area contributed by atoms with Crippen LogP contribution < -0.4 is 4.90 Å². The highest BCUT2D eigenvalue weighted by Crippen LogP contribution is 2.51. The van der Waals surface area contributed by atoms with E-state index in [4.69, 9.17) is 4.74 Å². The molecule has 2 fully saturated rings. The second kappa shape index (κ2) is 12.0. The van der Waals surface area contributed by atoms with Crippen LogP contribution in [0.1, 0.15) is 55.7 Å². The highest BCUT2D eigenvalue weighted by molar-refractivity contribution is 6.22.